The Bertz CT molecular complexity index is 1170. The van der Waals surface area contributed by atoms with Crippen LogP contribution in [0, 0.1) is 0 Å². The molecular weight excluding hydrogens is 446 g/mol. The van der Waals surface area contributed by atoms with Gasteiger partial charge >= 0.3 is 0 Å². The standard InChI is InChI=1S/C23H25N3O6S/c1-3-31-19-10-12-21(13-11-19)33(29,30)25-18-8-6-17(7-9-18)23(28)26(2)16-22(27)24-15-20-5-4-14-32-20/h4-14,25H,3,15-16H2,1-2H3,(H,24,27). The Morgan fingerprint density at radius 3 is 2.33 bits per heavy atom. The number of benzene rings is 2. The Morgan fingerprint density at radius 2 is 1.73 bits per heavy atom. The second-order valence-corrected chi connectivity index (χ2v) is 8.79. The zero-order valence-electron chi connectivity index (χ0n) is 18.3. The molecule has 1 aromatic heterocycles. The van der Waals surface area contributed by atoms with E-state index >= 15 is 0 Å². The number of carbonyl (C=O) groups excluding carboxylic acids is 2. The van der Waals surface area contributed by atoms with E-state index < -0.39 is 10.0 Å². The number of furan rings is 1. The van der Waals surface area contributed by atoms with Gasteiger partial charge in [0, 0.05) is 18.3 Å². The monoisotopic (exact) mass is 471 g/mol. The van der Waals surface area contributed by atoms with Gasteiger partial charge in [0.15, 0.2) is 0 Å². The molecule has 2 amide bonds. The number of hydrogen-bond acceptors (Lipinski definition) is 6. The Kier molecular flexibility index (Phi) is 7.73. The van der Waals surface area contributed by atoms with Crippen LogP contribution >= 0.6 is 0 Å². The molecule has 0 unspecified atom stereocenters. The van der Waals surface area contributed by atoms with Gasteiger partial charge in [-0.1, -0.05) is 0 Å². The molecule has 3 rings (SSSR count). The maximum atomic E-state index is 12.6. The molecule has 0 aliphatic carbocycles. The first-order chi connectivity index (χ1) is 15.8. The van der Waals surface area contributed by atoms with E-state index in [0.717, 1.165) is 0 Å². The number of sulfonamides is 1. The van der Waals surface area contributed by atoms with Gasteiger partial charge in [-0.25, -0.2) is 8.42 Å². The van der Waals surface area contributed by atoms with Gasteiger partial charge in [0.05, 0.1) is 30.9 Å². The van der Waals surface area contributed by atoms with E-state index in [2.05, 4.69) is 10.0 Å². The molecule has 0 saturated carbocycles. The van der Waals surface area contributed by atoms with Gasteiger partial charge in [-0.2, -0.15) is 0 Å². The minimum Gasteiger partial charge on any atom is -0.494 e. The summed E-state index contributed by atoms with van der Waals surface area (Å²) in [5.41, 5.74) is 0.625. The lowest BCUT2D eigenvalue weighted by molar-refractivity contribution is -0.121. The van der Waals surface area contributed by atoms with Gasteiger partial charge in [0.25, 0.3) is 15.9 Å². The van der Waals surface area contributed by atoms with Crippen molar-refractivity contribution in [2.75, 3.05) is 24.9 Å². The number of amides is 2. The fraction of sp³-hybridized carbons (Fsp3) is 0.217. The van der Waals surface area contributed by atoms with Crippen LogP contribution in [0.5, 0.6) is 5.75 Å². The summed E-state index contributed by atoms with van der Waals surface area (Å²) in [6, 6.07) is 15.5. The zero-order chi connectivity index (χ0) is 23.8. The maximum Gasteiger partial charge on any atom is 0.261 e. The molecule has 2 N–H and O–H groups in total. The third-order valence-corrected chi connectivity index (χ3v) is 5.99. The van der Waals surface area contributed by atoms with Gasteiger partial charge in [0.2, 0.25) is 5.91 Å². The van der Waals surface area contributed by atoms with Crippen molar-refractivity contribution < 1.29 is 27.2 Å². The molecule has 174 valence electrons. The van der Waals surface area contributed by atoms with Crippen molar-refractivity contribution in [3.05, 3.63) is 78.3 Å². The molecule has 2 aromatic carbocycles. The van der Waals surface area contributed by atoms with Crippen molar-refractivity contribution in [3.8, 4) is 5.75 Å². The van der Waals surface area contributed by atoms with Gasteiger partial charge in [0.1, 0.15) is 11.5 Å². The summed E-state index contributed by atoms with van der Waals surface area (Å²) >= 11 is 0. The van der Waals surface area contributed by atoms with Crippen molar-refractivity contribution in [3.63, 3.8) is 0 Å². The number of likely N-dealkylation sites (N-methyl/N-ethyl adjacent to an activating group) is 1. The Labute approximate surface area is 192 Å². The van der Waals surface area contributed by atoms with E-state index in [1.165, 1.54) is 54.6 Å². The smallest absolute Gasteiger partial charge is 0.261 e. The summed E-state index contributed by atoms with van der Waals surface area (Å²) in [4.78, 5) is 26.0. The first-order valence-corrected chi connectivity index (χ1v) is 11.7. The van der Waals surface area contributed by atoms with Crippen molar-refractivity contribution in [1.82, 2.24) is 10.2 Å². The van der Waals surface area contributed by atoms with Crippen molar-refractivity contribution >= 4 is 27.5 Å². The number of ether oxygens (including phenoxy) is 1. The van der Waals surface area contributed by atoms with Crippen LogP contribution in [0.3, 0.4) is 0 Å². The van der Waals surface area contributed by atoms with E-state index in [9.17, 15) is 18.0 Å². The van der Waals surface area contributed by atoms with Gasteiger partial charge < -0.3 is 19.4 Å². The largest absolute Gasteiger partial charge is 0.494 e. The molecule has 3 aromatic rings. The highest BCUT2D eigenvalue weighted by Crippen LogP contribution is 2.20. The number of carbonyl (C=O) groups is 2. The fourth-order valence-corrected chi connectivity index (χ4v) is 4.00. The lowest BCUT2D eigenvalue weighted by atomic mass is 10.2. The minimum atomic E-state index is -3.80. The van der Waals surface area contributed by atoms with Crippen LogP contribution in [0.2, 0.25) is 0 Å². The fourth-order valence-electron chi connectivity index (χ4n) is 2.94. The van der Waals surface area contributed by atoms with Crippen molar-refractivity contribution in [2.45, 2.75) is 18.4 Å². The Balaban J connectivity index is 1.57. The average molecular weight is 472 g/mol. The third-order valence-electron chi connectivity index (χ3n) is 4.60. The van der Waals surface area contributed by atoms with Gasteiger partial charge in [-0.05, 0) is 67.6 Å². The van der Waals surface area contributed by atoms with Crippen LogP contribution in [-0.4, -0.2) is 45.3 Å². The van der Waals surface area contributed by atoms with Crippen LogP contribution in [0.25, 0.3) is 0 Å². The molecule has 9 nitrogen and oxygen atoms in total. The highest BCUT2D eigenvalue weighted by atomic mass is 32.2. The molecule has 33 heavy (non-hydrogen) atoms. The normalized spacial score (nSPS) is 11.0. The van der Waals surface area contributed by atoms with E-state index in [4.69, 9.17) is 9.15 Å². The second-order valence-electron chi connectivity index (χ2n) is 7.10. The average Bonchev–Trinajstić information content (AvgIpc) is 3.32. The summed E-state index contributed by atoms with van der Waals surface area (Å²) in [6.07, 6.45) is 1.51. The summed E-state index contributed by atoms with van der Waals surface area (Å²) in [5, 5.41) is 2.67. The first-order valence-electron chi connectivity index (χ1n) is 10.2. The van der Waals surface area contributed by atoms with Crippen molar-refractivity contribution in [2.24, 2.45) is 0 Å². The number of rotatable bonds is 10. The summed E-state index contributed by atoms with van der Waals surface area (Å²) in [6.45, 7) is 2.43. The number of nitrogens with one attached hydrogen (secondary N) is 2. The second kappa shape index (κ2) is 10.7. The molecule has 1 heterocycles. The van der Waals surface area contributed by atoms with Crippen LogP contribution in [0.4, 0.5) is 5.69 Å². The molecule has 0 spiro atoms. The molecule has 0 aliphatic heterocycles. The van der Waals surface area contributed by atoms with Gasteiger partial charge in [-0.3, -0.25) is 14.3 Å². The van der Waals surface area contributed by atoms with Crippen LogP contribution in [-0.2, 0) is 21.4 Å². The molecule has 0 aliphatic rings. The van der Waals surface area contributed by atoms with Crippen molar-refractivity contribution in [1.29, 1.82) is 0 Å². The third kappa shape index (κ3) is 6.59. The molecule has 0 atom stereocenters. The predicted molar refractivity (Wildman–Crippen MR) is 122 cm³/mol. The number of hydrogen-bond donors (Lipinski definition) is 2. The van der Waals surface area contributed by atoms with Gasteiger partial charge in [-0.15, -0.1) is 0 Å². The van der Waals surface area contributed by atoms with E-state index in [-0.39, 0.29) is 29.8 Å². The summed E-state index contributed by atoms with van der Waals surface area (Å²) in [5.74, 6) is 0.491. The SMILES string of the molecule is CCOc1ccc(S(=O)(=O)Nc2ccc(C(=O)N(C)CC(=O)NCc3ccco3)cc2)cc1. The molecule has 0 bridgehead atoms. The van der Waals surface area contributed by atoms with Crippen LogP contribution in [0.1, 0.15) is 23.0 Å². The molecule has 0 saturated heterocycles. The Morgan fingerprint density at radius 1 is 1.03 bits per heavy atom. The number of anilines is 1. The van der Waals surface area contributed by atoms with E-state index in [0.29, 0.717) is 29.4 Å². The lowest BCUT2D eigenvalue weighted by Gasteiger charge is -2.17. The minimum absolute atomic E-state index is 0.0893. The maximum absolute atomic E-state index is 12.6. The first kappa shape index (κ1) is 23.9. The highest BCUT2D eigenvalue weighted by molar-refractivity contribution is 7.92. The van der Waals surface area contributed by atoms with Crippen LogP contribution in [0.15, 0.2) is 76.2 Å². The summed E-state index contributed by atoms with van der Waals surface area (Å²) in [7, 11) is -2.29. The molecular formula is C23H25N3O6S. The quantitative estimate of drug-likeness (QED) is 0.469. The molecule has 0 radical (unpaired) electrons. The predicted octanol–water partition coefficient (Wildman–Crippen LogP) is 2.87. The molecule has 10 heteroatoms. The summed E-state index contributed by atoms with van der Waals surface area (Å²) < 4.78 is 38.1. The lowest BCUT2D eigenvalue weighted by Crippen LogP contribution is -2.38. The highest BCUT2D eigenvalue weighted by Gasteiger charge is 2.17. The topological polar surface area (TPSA) is 118 Å². The van der Waals surface area contributed by atoms with E-state index in [1.807, 2.05) is 6.92 Å². The zero-order valence-corrected chi connectivity index (χ0v) is 19.1. The van der Waals surface area contributed by atoms with E-state index in [1.54, 1.807) is 24.3 Å². The number of nitrogens with zero attached hydrogens (tertiary/aromatic N) is 1. The Hall–Kier alpha value is -3.79. The van der Waals surface area contributed by atoms with Crippen LogP contribution < -0.4 is 14.8 Å². The molecule has 0 fully saturated rings.